The monoisotopic (exact) mass is 237 g/mol. The molecule has 0 heterocycles. The van der Waals surface area contributed by atoms with E-state index in [4.69, 9.17) is 10.5 Å². The molecule has 4 heteroatoms. The van der Waals surface area contributed by atoms with Crippen LogP contribution in [0.25, 0.3) is 0 Å². The zero-order valence-corrected chi connectivity index (χ0v) is 10.5. The normalized spacial score (nSPS) is 12.9. The first kappa shape index (κ1) is 13.5. The van der Waals surface area contributed by atoms with Crippen molar-refractivity contribution in [2.45, 2.75) is 31.9 Å². The van der Waals surface area contributed by atoms with E-state index in [9.17, 15) is 4.79 Å². The Morgan fingerprint density at radius 2 is 1.94 bits per heavy atom. The molecule has 1 rings (SSSR count). The van der Waals surface area contributed by atoms with Gasteiger partial charge < -0.3 is 15.2 Å². The molecule has 0 aliphatic heterocycles. The van der Waals surface area contributed by atoms with Gasteiger partial charge in [-0.05, 0) is 26.0 Å². The molecule has 17 heavy (non-hydrogen) atoms. The second-order valence-corrected chi connectivity index (χ2v) is 4.51. The third-order valence-electron chi connectivity index (χ3n) is 2.35. The van der Waals surface area contributed by atoms with Crippen LogP contribution in [0.4, 0.5) is 0 Å². The highest BCUT2D eigenvalue weighted by Crippen LogP contribution is 2.21. The van der Waals surface area contributed by atoms with E-state index in [1.165, 1.54) is 7.11 Å². The van der Waals surface area contributed by atoms with Gasteiger partial charge in [0, 0.05) is 6.42 Å². The molecule has 4 nitrogen and oxygen atoms in total. The van der Waals surface area contributed by atoms with Crippen LogP contribution >= 0.6 is 0 Å². The highest BCUT2D eigenvalue weighted by Gasteiger charge is 2.27. The minimum atomic E-state index is -0.668. The predicted octanol–water partition coefficient (Wildman–Crippen LogP) is 1.73. The van der Waals surface area contributed by atoms with Crippen molar-refractivity contribution in [3.8, 4) is 5.75 Å². The molecule has 0 saturated carbocycles. The summed E-state index contributed by atoms with van der Waals surface area (Å²) in [5.74, 6) is 0.337. The molecule has 0 aromatic heterocycles. The molecule has 0 saturated heterocycles. The molecule has 0 aliphatic carbocycles. The second-order valence-electron chi connectivity index (χ2n) is 4.51. The first-order valence-corrected chi connectivity index (χ1v) is 5.52. The van der Waals surface area contributed by atoms with Gasteiger partial charge in [0.1, 0.15) is 17.4 Å². The summed E-state index contributed by atoms with van der Waals surface area (Å²) in [5, 5.41) is 0. The molecule has 94 valence electrons. The molecule has 2 N–H and O–H groups in total. The summed E-state index contributed by atoms with van der Waals surface area (Å²) >= 11 is 0. The van der Waals surface area contributed by atoms with Crippen LogP contribution in [0, 0.1) is 0 Å². The zero-order chi connectivity index (χ0) is 12.9. The van der Waals surface area contributed by atoms with Crippen LogP contribution in [0.5, 0.6) is 5.75 Å². The summed E-state index contributed by atoms with van der Waals surface area (Å²) in [6.07, 6.45) is 0.397. The molecule has 0 amide bonds. The van der Waals surface area contributed by atoms with Gasteiger partial charge in [0.05, 0.1) is 7.11 Å². The number of ether oxygens (including phenoxy) is 2. The summed E-state index contributed by atoms with van der Waals surface area (Å²) < 4.78 is 10.4. The van der Waals surface area contributed by atoms with Crippen molar-refractivity contribution in [2.24, 2.45) is 5.73 Å². The van der Waals surface area contributed by atoms with Crippen molar-refractivity contribution < 1.29 is 14.3 Å². The van der Waals surface area contributed by atoms with Crippen molar-refractivity contribution >= 4 is 5.97 Å². The number of esters is 1. The third-order valence-corrected chi connectivity index (χ3v) is 2.35. The van der Waals surface area contributed by atoms with Crippen LogP contribution in [-0.2, 0) is 9.53 Å². The van der Waals surface area contributed by atoms with E-state index < -0.39 is 17.6 Å². The highest BCUT2D eigenvalue weighted by molar-refractivity contribution is 5.75. The Labute approximate surface area is 102 Å². The molecule has 1 unspecified atom stereocenters. The number of carbonyl (C=O) groups excluding carboxylic acids is 1. The van der Waals surface area contributed by atoms with Crippen LogP contribution in [0.3, 0.4) is 0 Å². The standard InChI is InChI=1S/C13H19NO3/c1-13(2,9-11(14)12(15)16-3)17-10-7-5-4-6-8-10/h4-8,11H,9,14H2,1-3H3. The number of rotatable bonds is 5. The number of hydrogen-bond donors (Lipinski definition) is 1. The summed E-state index contributed by atoms with van der Waals surface area (Å²) in [6, 6.07) is 8.77. The van der Waals surface area contributed by atoms with Crippen LogP contribution in [0.15, 0.2) is 30.3 Å². The topological polar surface area (TPSA) is 61.5 Å². The third kappa shape index (κ3) is 4.44. The van der Waals surface area contributed by atoms with E-state index in [2.05, 4.69) is 4.74 Å². The Bertz CT molecular complexity index is 362. The lowest BCUT2D eigenvalue weighted by molar-refractivity contribution is -0.143. The Morgan fingerprint density at radius 1 is 1.35 bits per heavy atom. The summed E-state index contributed by atoms with van der Waals surface area (Å²) in [6.45, 7) is 3.78. The smallest absolute Gasteiger partial charge is 0.322 e. The molecular weight excluding hydrogens is 218 g/mol. The lowest BCUT2D eigenvalue weighted by Crippen LogP contribution is -2.41. The predicted molar refractivity (Wildman–Crippen MR) is 65.8 cm³/mol. The maximum absolute atomic E-state index is 11.2. The number of nitrogens with two attached hydrogens (primary N) is 1. The van der Waals surface area contributed by atoms with Crippen LogP contribution < -0.4 is 10.5 Å². The molecular formula is C13H19NO3. The Hall–Kier alpha value is -1.55. The zero-order valence-electron chi connectivity index (χ0n) is 10.5. The Morgan fingerprint density at radius 3 is 2.47 bits per heavy atom. The first-order chi connectivity index (χ1) is 7.94. The average Bonchev–Trinajstić information content (AvgIpc) is 2.27. The summed E-state index contributed by atoms with van der Waals surface area (Å²) in [5.41, 5.74) is 5.19. The maximum Gasteiger partial charge on any atom is 0.322 e. The van der Waals surface area contributed by atoms with Crippen LogP contribution in [0.2, 0.25) is 0 Å². The molecule has 0 fully saturated rings. The molecule has 0 radical (unpaired) electrons. The number of methoxy groups -OCH3 is 1. The summed E-state index contributed by atoms with van der Waals surface area (Å²) in [7, 11) is 1.33. The molecule has 1 aromatic rings. The van der Waals surface area contributed by atoms with Crippen molar-refractivity contribution in [1.29, 1.82) is 0 Å². The van der Waals surface area contributed by atoms with Gasteiger partial charge >= 0.3 is 5.97 Å². The van der Waals surface area contributed by atoms with Gasteiger partial charge in [-0.25, -0.2) is 0 Å². The Kier molecular flexibility index (Phi) is 4.52. The maximum atomic E-state index is 11.2. The molecule has 0 spiro atoms. The van der Waals surface area contributed by atoms with E-state index in [1.54, 1.807) is 0 Å². The van der Waals surface area contributed by atoms with Gasteiger partial charge in [-0.15, -0.1) is 0 Å². The van der Waals surface area contributed by atoms with Crippen molar-refractivity contribution in [3.63, 3.8) is 0 Å². The molecule has 0 bridgehead atoms. The van der Waals surface area contributed by atoms with Gasteiger partial charge in [-0.1, -0.05) is 18.2 Å². The average molecular weight is 237 g/mol. The van der Waals surface area contributed by atoms with Crippen molar-refractivity contribution in [2.75, 3.05) is 7.11 Å². The quantitative estimate of drug-likeness (QED) is 0.792. The highest BCUT2D eigenvalue weighted by atomic mass is 16.5. The van der Waals surface area contributed by atoms with Gasteiger partial charge in [-0.3, -0.25) is 4.79 Å². The number of para-hydroxylation sites is 1. The SMILES string of the molecule is COC(=O)C(N)CC(C)(C)Oc1ccccc1. The van der Waals surface area contributed by atoms with E-state index in [0.717, 1.165) is 5.75 Å². The second kappa shape index (κ2) is 5.68. The largest absolute Gasteiger partial charge is 0.488 e. The first-order valence-electron chi connectivity index (χ1n) is 5.52. The minimum absolute atomic E-state index is 0.397. The van der Waals surface area contributed by atoms with Crippen molar-refractivity contribution in [3.05, 3.63) is 30.3 Å². The lowest BCUT2D eigenvalue weighted by Gasteiger charge is -2.28. The lowest BCUT2D eigenvalue weighted by atomic mass is 9.99. The fourth-order valence-corrected chi connectivity index (χ4v) is 1.61. The number of carbonyl (C=O) groups is 1. The van der Waals surface area contributed by atoms with Crippen LogP contribution in [0.1, 0.15) is 20.3 Å². The fourth-order valence-electron chi connectivity index (χ4n) is 1.61. The Balaban J connectivity index is 2.60. The molecule has 1 aromatic carbocycles. The van der Waals surface area contributed by atoms with Gasteiger partial charge in [0.2, 0.25) is 0 Å². The van der Waals surface area contributed by atoms with Crippen molar-refractivity contribution in [1.82, 2.24) is 0 Å². The number of benzene rings is 1. The molecule has 1 atom stereocenters. The van der Waals surface area contributed by atoms with E-state index in [0.29, 0.717) is 6.42 Å². The van der Waals surface area contributed by atoms with Gasteiger partial charge in [0.25, 0.3) is 0 Å². The minimum Gasteiger partial charge on any atom is -0.488 e. The van der Waals surface area contributed by atoms with Gasteiger partial charge in [0.15, 0.2) is 0 Å². The van der Waals surface area contributed by atoms with E-state index in [-0.39, 0.29) is 0 Å². The molecule has 0 aliphatic rings. The van der Waals surface area contributed by atoms with E-state index in [1.807, 2.05) is 44.2 Å². The van der Waals surface area contributed by atoms with E-state index >= 15 is 0 Å². The number of hydrogen-bond acceptors (Lipinski definition) is 4. The fraction of sp³-hybridized carbons (Fsp3) is 0.462. The van der Waals surface area contributed by atoms with Crippen LogP contribution in [-0.4, -0.2) is 24.7 Å². The summed E-state index contributed by atoms with van der Waals surface area (Å²) in [4.78, 5) is 11.2. The van der Waals surface area contributed by atoms with Gasteiger partial charge in [-0.2, -0.15) is 0 Å².